The predicted octanol–water partition coefficient (Wildman–Crippen LogP) is 1.24. The first kappa shape index (κ1) is 10.0. The molecular weight excluding hydrogens is 190 g/mol. The monoisotopic (exact) mass is 199 g/mol. The van der Waals surface area contributed by atoms with Gasteiger partial charge in [-0.1, -0.05) is 12.1 Å². The summed E-state index contributed by atoms with van der Waals surface area (Å²) in [5.74, 6) is -0.236. The van der Waals surface area contributed by atoms with Gasteiger partial charge in [-0.3, -0.25) is 0 Å². The lowest BCUT2D eigenvalue weighted by Crippen LogP contribution is -1.99. The molecule has 2 N–H and O–H groups in total. The zero-order valence-corrected chi connectivity index (χ0v) is 7.76. The number of cyclic esters (lactones) is 1. The smallest absolute Gasteiger partial charge is 0.338 e. The molecule has 3 nitrogen and oxygen atoms in total. The van der Waals surface area contributed by atoms with Crippen molar-refractivity contribution in [2.45, 2.75) is 13.2 Å². The lowest BCUT2D eigenvalue weighted by atomic mass is 10.1. The summed E-state index contributed by atoms with van der Waals surface area (Å²) >= 11 is 0. The van der Waals surface area contributed by atoms with Crippen molar-refractivity contribution in [3.8, 4) is 0 Å². The lowest BCUT2D eigenvalue weighted by molar-refractivity contribution is 0.0535. The Morgan fingerprint density at radius 2 is 2.23 bits per heavy atom. The molecule has 0 saturated heterocycles. The number of esters is 1. The van der Waals surface area contributed by atoms with Crippen molar-refractivity contribution in [1.82, 2.24) is 0 Å². The third-order valence-electron chi connectivity index (χ3n) is 1.99. The minimum atomic E-state index is -0.236. The number of hydrogen-bond donors (Lipinski definition) is 1. The van der Waals surface area contributed by atoms with Gasteiger partial charge in [0.2, 0.25) is 0 Å². The van der Waals surface area contributed by atoms with Crippen LogP contribution in [0.15, 0.2) is 18.2 Å². The van der Waals surface area contributed by atoms with E-state index in [-0.39, 0.29) is 18.4 Å². The Hall–Kier alpha value is -1.06. The third kappa shape index (κ3) is 1.66. The van der Waals surface area contributed by atoms with Crippen molar-refractivity contribution < 1.29 is 9.53 Å². The second-order valence-electron chi connectivity index (χ2n) is 2.77. The highest BCUT2D eigenvalue weighted by Gasteiger charge is 2.20. The number of rotatable bonds is 1. The van der Waals surface area contributed by atoms with E-state index in [1.165, 1.54) is 0 Å². The number of ether oxygens (including phenoxy) is 1. The number of carbonyl (C=O) groups excluding carboxylic acids is 1. The molecule has 0 spiro atoms. The maximum absolute atomic E-state index is 11.1. The Balaban J connectivity index is 0.000000845. The Morgan fingerprint density at radius 1 is 1.46 bits per heavy atom. The first-order chi connectivity index (χ1) is 5.81. The van der Waals surface area contributed by atoms with E-state index >= 15 is 0 Å². The number of carbonyl (C=O) groups is 1. The van der Waals surface area contributed by atoms with E-state index in [0.717, 1.165) is 11.1 Å². The van der Waals surface area contributed by atoms with Gasteiger partial charge in [-0.15, -0.1) is 12.4 Å². The van der Waals surface area contributed by atoms with Crippen LogP contribution in [0.4, 0.5) is 0 Å². The number of halogens is 1. The fourth-order valence-corrected chi connectivity index (χ4v) is 1.29. The van der Waals surface area contributed by atoms with Crippen LogP contribution >= 0.6 is 12.4 Å². The highest BCUT2D eigenvalue weighted by Crippen LogP contribution is 2.20. The molecule has 0 saturated carbocycles. The van der Waals surface area contributed by atoms with E-state index in [0.29, 0.717) is 18.7 Å². The summed E-state index contributed by atoms with van der Waals surface area (Å²) in [6.45, 7) is 0.861. The molecule has 1 heterocycles. The molecule has 0 fully saturated rings. The summed E-state index contributed by atoms with van der Waals surface area (Å²) in [7, 11) is 0. The molecule has 13 heavy (non-hydrogen) atoms. The summed E-state index contributed by atoms with van der Waals surface area (Å²) in [5, 5.41) is 0. The molecule has 1 aliphatic heterocycles. The fraction of sp³-hybridized carbons (Fsp3) is 0.222. The Bertz CT molecular complexity index is 338. The average molecular weight is 200 g/mol. The second kappa shape index (κ2) is 3.77. The first-order valence-electron chi connectivity index (χ1n) is 3.80. The number of hydrogen-bond acceptors (Lipinski definition) is 3. The number of fused-ring (bicyclic) bond motifs is 1. The van der Waals surface area contributed by atoms with Crippen molar-refractivity contribution >= 4 is 18.4 Å². The largest absolute Gasteiger partial charge is 0.457 e. The van der Waals surface area contributed by atoms with Crippen molar-refractivity contribution in [3.05, 3.63) is 34.9 Å². The molecule has 4 heteroatoms. The van der Waals surface area contributed by atoms with Gasteiger partial charge in [0.25, 0.3) is 0 Å². The van der Waals surface area contributed by atoms with Crippen LogP contribution in [0.3, 0.4) is 0 Å². The van der Waals surface area contributed by atoms with Crippen LogP contribution in [0.25, 0.3) is 0 Å². The topological polar surface area (TPSA) is 52.3 Å². The van der Waals surface area contributed by atoms with E-state index in [4.69, 9.17) is 10.5 Å². The van der Waals surface area contributed by atoms with Crippen LogP contribution in [0.5, 0.6) is 0 Å². The molecule has 0 radical (unpaired) electrons. The average Bonchev–Trinajstić information content (AvgIpc) is 2.47. The molecular formula is C9H10ClNO2. The normalized spacial score (nSPS) is 13.2. The molecule has 0 bridgehead atoms. The van der Waals surface area contributed by atoms with E-state index in [1.807, 2.05) is 12.1 Å². The van der Waals surface area contributed by atoms with Gasteiger partial charge in [-0.2, -0.15) is 0 Å². The van der Waals surface area contributed by atoms with Gasteiger partial charge < -0.3 is 10.5 Å². The summed E-state index contributed by atoms with van der Waals surface area (Å²) < 4.78 is 4.84. The molecule has 70 valence electrons. The van der Waals surface area contributed by atoms with Gasteiger partial charge in [0.1, 0.15) is 6.61 Å². The highest BCUT2D eigenvalue weighted by atomic mass is 35.5. The molecule has 0 amide bonds. The quantitative estimate of drug-likeness (QED) is 0.693. The van der Waals surface area contributed by atoms with Crippen molar-refractivity contribution in [2.75, 3.05) is 0 Å². The maximum atomic E-state index is 11.1. The molecule has 1 aliphatic rings. The molecule has 0 unspecified atom stereocenters. The molecule has 2 rings (SSSR count). The summed E-state index contributed by atoms with van der Waals surface area (Å²) in [6.07, 6.45) is 0. The van der Waals surface area contributed by atoms with Gasteiger partial charge in [-0.25, -0.2) is 4.79 Å². The Morgan fingerprint density at radius 3 is 2.92 bits per heavy atom. The van der Waals surface area contributed by atoms with Gasteiger partial charge in [0.05, 0.1) is 5.56 Å². The predicted molar refractivity (Wildman–Crippen MR) is 50.7 cm³/mol. The zero-order valence-electron chi connectivity index (χ0n) is 6.95. The van der Waals surface area contributed by atoms with Gasteiger partial charge in [0, 0.05) is 12.1 Å². The lowest BCUT2D eigenvalue weighted by Gasteiger charge is -1.97. The minimum Gasteiger partial charge on any atom is -0.457 e. The molecule has 0 atom stereocenters. The first-order valence-corrected chi connectivity index (χ1v) is 3.80. The van der Waals surface area contributed by atoms with E-state index in [9.17, 15) is 4.79 Å². The van der Waals surface area contributed by atoms with Crippen LogP contribution in [-0.4, -0.2) is 5.97 Å². The van der Waals surface area contributed by atoms with Crippen LogP contribution < -0.4 is 5.73 Å². The standard InChI is InChI=1S/C9H9NO2.ClH/c10-4-6-1-2-7-5-12-9(11)8(7)3-6;/h1-3H,4-5,10H2;1H. The van der Waals surface area contributed by atoms with E-state index < -0.39 is 0 Å². The Labute approximate surface area is 82.3 Å². The van der Waals surface area contributed by atoms with Gasteiger partial charge in [-0.05, 0) is 11.6 Å². The molecule has 1 aromatic rings. The number of nitrogens with two attached hydrogens (primary N) is 1. The second-order valence-corrected chi connectivity index (χ2v) is 2.77. The van der Waals surface area contributed by atoms with Gasteiger partial charge in [0.15, 0.2) is 0 Å². The van der Waals surface area contributed by atoms with Crippen molar-refractivity contribution in [3.63, 3.8) is 0 Å². The minimum absolute atomic E-state index is 0. The van der Waals surface area contributed by atoms with Crippen molar-refractivity contribution in [2.24, 2.45) is 5.73 Å². The summed E-state index contributed by atoms with van der Waals surface area (Å²) in [4.78, 5) is 11.1. The number of benzene rings is 1. The zero-order chi connectivity index (χ0) is 8.55. The van der Waals surface area contributed by atoms with Crippen LogP contribution in [-0.2, 0) is 17.9 Å². The molecule has 0 aromatic heterocycles. The highest BCUT2D eigenvalue weighted by molar-refractivity contribution is 5.93. The van der Waals surface area contributed by atoms with Crippen LogP contribution in [0.2, 0.25) is 0 Å². The molecule has 0 aliphatic carbocycles. The van der Waals surface area contributed by atoms with Crippen LogP contribution in [0, 0.1) is 0 Å². The fourth-order valence-electron chi connectivity index (χ4n) is 1.29. The molecule has 1 aromatic carbocycles. The van der Waals surface area contributed by atoms with E-state index in [1.54, 1.807) is 6.07 Å². The summed E-state index contributed by atoms with van der Waals surface area (Å²) in [5.41, 5.74) is 8.02. The van der Waals surface area contributed by atoms with Crippen LogP contribution in [0.1, 0.15) is 21.5 Å². The van der Waals surface area contributed by atoms with Gasteiger partial charge >= 0.3 is 5.97 Å². The maximum Gasteiger partial charge on any atom is 0.338 e. The van der Waals surface area contributed by atoms with Crippen molar-refractivity contribution in [1.29, 1.82) is 0 Å². The Kier molecular flexibility index (Phi) is 2.90. The SMILES string of the molecule is Cl.NCc1ccc2c(c1)C(=O)OC2. The third-order valence-corrected chi connectivity index (χ3v) is 1.99. The summed E-state index contributed by atoms with van der Waals surface area (Å²) in [6, 6.07) is 5.61. The van der Waals surface area contributed by atoms with E-state index in [2.05, 4.69) is 0 Å².